The van der Waals surface area contributed by atoms with Crippen molar-refractivity contribution in [3.8, 4) is 0 Å². The van der Waals surface area contributed by atoms with Crippen LogP contribution < -0.4 is 0 Å². The summed E-state index contributed by atoms with van der Waals surface area (Å²) in [7, 11) is 0. The first-order valence-electron chi connectivity index (χ1n) is 13.1. The Bertz CT molecular complexity index is 855. The minimum Gasteiger partial charge on any atom is -0.465 e. The molecule has 1 aliphatic carbocycles. The van der Waals surface area contributed by atoms with Gasteiger partial charge in [-0.3, -0.25) is 14.4 Å². The predicted octanol–water partition coefficient (Wildman–Crippen LogP) is 2.60. The number of amides is 2. The quantitative estimate of drug-likeness (QED) is 0.273. The van der Waals surface area contributed by atoms with Crippen LogP contribution in [0.25, 0.3) is 0 Å². The molecular weight excluding hydrogens is 448 g/mol. The number of aliphatic hydroxyl groups excluding tert-OH is 1. The topological polar surface area (TPSA) is 96.4 Å². The van der Waals surface area contributed by atoms with Gasteiger partial charge in [-0.25, -0.2) is 0 Å². The number of rotatable bonds is 11. The van der Waals surface area contributed by atoms with Gasteiger partial charge in [-0.05, 0) is 45.4 Å². The van der Waals surface area contributed by atoms with E-state index in [4.69, 9.17) is 9.47 Å². The van der Waals surface area contributed by atoms with Crippen LogP contribution in [0.15, 0.2) is 25.3 Å². The van der Waals surface area contributed by atoms with Crippen molar-refractivity contribution >= 4 is 17.8 Å². The van der Waals surface area contributed by atoms with Crippen LogP contribution in [0.1, 0.15) is 64.7 Å². The van der Waals surface area contributed by atoms with Gasteiger partial charge < -0.3 is 24.4 Å². The molecule has 35 heavy (non-hydrogen) atoms. The van der Waals surface area contributed by atoms with Gasteiger partial charge in [0.1, 0.15) is 17.6 Å². The lowest BCUT2D eigenvalue weighted by atomic mass is 9.66. The maximum Gasteiger partial charge on any atom is 0.312 e. The molecule has 4 rings (SSSR count). The summed E-state index contributed by atoms with van der Waals surface area (Å²) < 4.78 is 12.1. The lowest BCUT2D eigenvalue weighted by molar-refractivity contribution is -0.160. The summed E-state index contributed by atoms with van der Waals surface area (Å²) in [6.07, 6.45) is 10.6. The molecule has 0 aromatic rings. The second-order valence-electron chi connectivity index (χ2n) is 10.7. The standard InChI is InChI=1S/C27H40N2O6/c1-4-6-18-34-25(33)21-20-23(31)29(16-10-17-30)22(27(20)14-13-26(21,3)35-27)24(32)28(15-5-2)19-11-8-7-9-12-19/h4-5,19-22,30H,1-2,6-18H2,3H3/t20-,21+,22?,26-,27?/m0/s1. The summed E-state index contributed by atoms with van der Waals surface area (Å²) in [5.41, 5.74) is -1.91. The molecule has 2 unspecified atom stereocenters. The Labute approximate surface area is 208 Å². The van der Waals surface area contributed by atoms with Crippen molar-refractivity contribution < 1.29 is 29.0 Å². The molecule has 8 nitrogen and oxygen atoms in total. The zero-order chi connectivity index (χ0) is 25.2. The van der Waals surface area contributed by atoms with Gasteiger partial charge in [0, 0.05) is 25.7 Å². The Balaban J connectivity index is 1.70. The highest BCUT2D eigenvalue weighted by molar-refractivity contribution is 5.98. The molecule has 3 heterocycles. The van der Waals surface area contributed by atoms with E-state index in [2.05, 4.69) is 13.2 Å². The highest BCUT2D eigenvalue weighted by atomic mass is 16.6. The largest absolute Gasteiger partial charge is 0.465 e. The van der Waals surface area contributed by atoms with Crippen molar-refractivity contribution in [3.63, 3.8) is 0 Å². The number of aliphatic hydroxyl groups is 1. The molecule has 0 aromatic carbocycles. The lowest BCUT2D eigenvalue weighted by Crippen LogP contribution is -2.58. The highest BCUT2D eigenvalue weighted by Gasteiger charge is 2.78. The second-order valence-corrected chi connectivity index (χ2v) is 10.7. The molecule has 0 aromatic heterocycles. The van der Waals surface area contributed by atoms with Crippen LogP contribution in [0.4, 0.5) is 0 Å². The normalized spacial score (nSPS) is 34.1. The minimum atomic E-state index is -1.06. The molecule has 4 aliphatic rings. The van der Waals surface area contributed by atoms with Crippen molar-refractivity contribution in [2.45, 2.75) is 88.0 Å². The van der Waals surface area contributed by atoms with Gasteiger partial charge in [-0.1, -0.05) is 31.4 Å². The van der Waals surface area contributed by atoms with Crippen LogP contribution in [0.2, 0.25) is 0 Å². The fourth-order valence-electron chi connectivity index (χ4n) is 6.98. The number of carbonyl (C=O) groups excluding carboxylic acids is 3. The SMILES string of the molecule is C=CCCOC(=O)[C@H]1[C@H]2C(=O)N(CCCO)C(C(=O)N(CC=C)C3CCCCC3)C23CC[C@]1(C)O3. The average molecular weight is 489 g/mol. The summed E-state index contributed by atoms with van der Waals surface area (Å²) in [5, 5.41) is 9.51. The zero-order valence-electron chi connectivity index (χ0n) is 21.0. The van der Waals surface area contributed by atoms with E-state index in [1.165, 1.54) is 6.42 Å². The van der Waals surface area contributed by atoms with E-state index in [-0.39, 0.29) is 37.6 Å². The van der Waals surface area contributed by atoms with Crippen LogP contribution in [-0.2, 0) is 23.9 Å². The monoisotopic (exact) mass is 488 g/mol. The number of hydrogen-bond donors (Lipinski definition) is 1. The van der Waals surface area contributed by atoms with Crippen molar-refractivity contribution in [2.75, 3.05) is 26.3 Å². The van der Waals surface area contributed by atoms with Gasteiger partial charge in [0.2, 0.25) is 11.8 Å². The van der Waals surface area contributed by atoms with E-state index >= 15 is 0 Å². The molecule has 2 amide bonds. The third-order valence-electron chi connectivity index (χ3n) is 8.51. The molecule has 5 atom stereocenters. The van der Waals surface area contributed by atoms with Crippen LogP contribution in [0, 0.1) is 11.8 Å². The molecule has 3 saturated heterocycles. The van der Waals surface area contributed by atoms with Gasteiger partial charge in [-0.2, -0.15) is 0 Å². The molecule has 3 aliphatic heterocycles. The van der Waals surface area contributed by atoms with Gasteiger partial charge >= 0.3 is 5.97 Å². The molecule has 2 bridgehead atoms. The van der Waals surface area contributed by atoms with Crippen LogP contribution in [-0.4, -0.2) is 82.3 Å². The first-order valence-corrected chi connectivity index (χ1v) is 13.1. The number of carbonyl (C=O) groups is 3. The maximum absolute atomic E-state index is 14.3. The molecule has 0 radical (unpaired) electrons. The van der Waals surface area contributed by atoms with Crippen molar-refractivity contribution in [1.82, 2.24) is 9.80 Å². The van der Waals surface area contributed by atoms with Crippen molar-refractivity contribution in [2.24, 2.45) is 11.8 Å². The number of ether oxygens (including phenoxy) is 2. The number of hydrogen-bond acceptors (Lipinski definition) is 6. The molecule has 1 N–H and O–H groups in total. The highest BCUT2D eigenvalue weighted by Crippen LogP contribution is 2.63. The predicted molar refractivity (Wildman–Crippen MR) is 130 cm³/mol. The van der Waals surface area contributed by atoms with Gasteiger partial charge in [-0.15, -0.1) is 13.2 Å². The lowest BCUT2D eigenvalue weighted by Gasteiger charge is -2.40. The minimum absolute atomic E-state index is 0.0903. The zero-order valence-corrected chi connectivity index (χ0v) is 21.0. The Morgan fingerprint density at radius 3 is 2.63 bits per heavy atom. The van der Waals surface area contributed by atoms with E-state index in [0.717, 1.165) is 25.7 Å². The van der Waals surface area contributed by atoms with Crippen LogP contribution in [0.3, 0.4) is 0 Å². The Morgan fingerprint density at radius 2 is 1.97 bits per heavy atom. The summed E-state index contributed by atoms with van der Waals surface area (Å²) in [4.78, 5) is 44.9. The smallest absolute Gasteiger partial charge is 0.312 e. The fraction of sp³-hybridized carbons (Fsp3) is 0.741. The number of fused-ring (bicyclic) bond motifs is 1. The van der Waals surface area contributed by atoms with E-state index < -0.39 is 35.0 Å². The van der Waals surface area contributed by atoms with Gasteiger partial charge in [0.05, 0.1) is 18.1 Å². The summed E-state index contributed by atoms with van der Waals surface area (Å²) >= 11 is 0. The Hall–Kier alpha value is -2.19. The first kappa shape index (κ1) is 25.9. The number of esters is 1. The third kappa shape index (κ3) is 4.33. The Morgan fingerprint density at radius 1 is 1.23 bits per heavy atom. The molecule has 8 heteroatoms. The molecule has 4 fully saturated rings. The van der Waals surface area contributed by atoms with Gasteiger partial charge in [0.15, 0.2) is 0 Å². The summed E-state index contributed by atoms with van der Waals surface area (Å²) in [6.45, 7) is 10.2. The van der Waals surface area contributed by atoms with E-state index in [9.17, 15) is 19.5 Å². The summed E-state index contributed by atoms with van der Waals surface area (Å²) in [5.74, 6) is -2.34. The third-order valence-corrected chi connectivity index (χ3v) is 8.51. The molecule has 1 saturated carbocycles. The molecular formula is C27H40N2O6. The second kappa shape index (κ2) is 10.4. The van der Waals surface area contributed by atoms with Crippen LogP contribution in [0.5, 0.6) is 0 Å². The van der Waals surface area contributed by atoms with Gasteiger partial charge in [0.25, 0.3) is 0 Å². The van der Waals surface area contributed by atoms with Crippen molar-refractivity contribution in [1.29, 1.82) is 0 Å². The summed E-state index contributed by atoms with van der Waals surface area (Å²) in [6, 6.07) is -0.713. The Kier molecular flexibility index (Phi) is 7.71. The molecule has 1 spiro atoms. The van der Waals surface area contributed by atoms with Crippen LogP contribution >= 0.6 is 0 Å². The number of nitrogens with zero attached hydrogens (tertiary/aromatic N) is 2. The maximum atomic E-state index is 14.3. The van der Waals surface area contributed by atoms with E-state index in [1.54, 1.807) is 17.1 Å². The first-order chi connectivity index (χ1) is 16.8. The average Bonchev–Trinajstić information content (AvgIpc) is 3.42. The number of likely N-dealkylation sites (tertiary alicyclic amines) is 1. The van der Waals surface area contributed by atoms with Crippen molar-refractivity contribution in [3.05, 3.63) is 25.3 Å². The van der Waals surface area contributed by atoms with E-state index in [0.29, 0.717) is 32.2 Å². The molecule has 194 valence electrons. The fourth-order valence-corrected chi connectivity index (χ4v) is 6.98. The van der Waals surface area contributed by atoms with E-state index in [1.807, 2.05) is 11.8 Å².